The molecule has 1 aliphatic carbocycles. The number of hydrogen-bond donors (Lipinski definition) is 2. The second kappa shape index (κ2) is 11.0. The summed E-state index contributed by atoms with van der Waals surface area (Å²) in [6.07, 6.45) is 4.26. The average Bonchev–Trinajstić information content (AvgIpc) is 3.74. The summed E-state index contributed by atoms with van der Waals surface area (Å²) in [4.78, 5) is 18.3. The Labute approximate surface area is 210 Å². The number of anilines is 3. The van der Waals surface area contributed by atoms with Crippen LogP contribution in [0.4, 0.5) is 26.6 Å². The Morgan fingerprint density at radius 1 is 0.833 bits per heavy atom. The number of rotatable bonds is 10. The number of halogens is 2. The first-order chi connectivity index (χ1) is 17.6. The predicted octanol–water partition coefficient (Wildman–Crippen LogP) is 4.48. The van der Waals surface area contributed by atoms with Crippen LogP contribution in [0.2, 0.25) is 0 Å². The summed E-state index contributed by atoms with van der Waals surface area (Å²) in [5.41, 5.74) is 1.94. The molecule has 1 saturated carbocycles. The first kappa shape index (κ1) is 24.1. The van der Waals surface area contributed by atoms with Crippen molar-refractivity contribution in [3.05, 3.63) is 83.9 Å². The minimum atomic E-state index is -0.275. The second-order valence-electron chi connectivity index (χ2n) is 9.31. The summed E-state index contributed by atoms with van der Waals surface area (Å²) in [6, 6.07) is 13.0. The number of piperazine rings is 1. The van der Waals surface area contributed by atoms with Gasteiger partial charge in [-0.1, -0.05) is 30.3 Å². The van der Waals surface area contributed by atoms with Crippen LogP contribution in [-0.2, 0) is 0 Å². The van der Waals surface area contributed by atoms with Gasteiger partial charge in [-0.25, -0.2) is 8.78 Å². The molecule has 7 nitrogen and oxygen atoms in total. The number of nitrogens with zero attached hydrogens (tertiary/aromatic N) is 5. The Morgan fingerprint density at radius 2 is 1.39 bits per heavy atom. The van der Waals surface area contributed by atoms with Gasteiger partial charge in [0.25, 0.3) is 0 Å². The van der Waals surface area contributed by atoms with Crippen molar-refractivity contribution in [2.75, 3.05) is 54.8 Å². The third-order valence-electron chi connectivity index (χ3n) is 6.61. The largest absolute Gasteiger partial charge is 0.354 e. The molecule has 188 valence electrons. The van der Waals surface area contributed by atoms with Gasteiger partial charge in [-0.15, -0.1) is 6.58 Å². The Kier molecular flexibility index (Phi) is 7.36. The van der Waals surface area contributed by atoms with Gasteiger partial charge in [0, 0.05) is 39.3 Å². The summed E-state index contributed by atoms with van der Waals surface area (Å²) in [7, 11) is 0. The summed E-state index contributed by atoms with van der Waals surface area (Å²) < 4.78 is 27.3. The van der Waals surface area contributed by atoms with Gasteiger partial charge < -0.3 is 15.5 Å². The van der Waals surface area contributed by atoms with Crippen LogP contribution in [0.5, 0.6) is 0 Å². The predicted molar refractivity (Wildman–Crippen MR) is 138 cm³/mol. The quantitative estimate of drug-likeness (QED) is 0.405. The van der Waals surface area contributed by atoms with Crippen LogP contribution in [0.15, 0.2) is 61.2 Å². The number of hydrogen-bond acceptors (Lipinski definition) is 7. The van der Waals surface area contributed by atoms with Crippen LogP contribution in [0, 0.1) is 17.6 Å². The molecule has 1 aliphatic heterocycles. The van der Waals surface area contributed by atoms with E-state index >= 15 is 0 Å². The molecule has 5 rings (SSSR count). The molecule has 36 heavy (non-hydrogen) atoms. The van der Waals surface area contributed by atoms with Crippen LogP contribution < -0.4 is 15.5 Å². The van der Waals surface area contributed by atoms with Gasteiger partial charge in [-0.2, -0.15) is 15.0 Å². The van der Waals surface area contributed by atoms with E-state index in [4.69, 9.17) is 4.98 Å². The van der Waals surface area contributed by atoms with Gasteiger partial charge in [0.1, 0.15) is 11.6 Å². The van der Waals surface area contributed by atoms with E-state index in [1.807, 2.05) is 0 Å². The van der Waals surface area contributed by atoms with Crippen molar-refractivity contribution in [1.29, 1.82) is 0 Å². The standard InChI is InChI=1S/C27H31F2N7/c1-2-13-30-25-32-26(31-18-19-3-4-19)34-27(33-25)36-16-14-35(15-17-36)24(20-5-9-22(28)10-6-20)21-7-11-23(29)12-8-21/h2,5-12,19,24H,1,3-4,13-18H2,(H2,30,31,32,33,34). The lowest BCUT2D eigenvalue weighted by Crippen LogP contribution is -2.48. The SMILES string of the molecule is C=CCNc1nc(NCC2CC2)nc(N2CCN(C(c3ccc(F)cc3)c3ccc(F)cc3)CC2)n1. The van der Waals surface area contributed by atoms with Crippen LogP contribution in [0.3, 0.4) is 0 Å². The fourth-order valence-electron chi connectivity index (χ4n) is 4.47. The third kappa shape index (κ3) is 5.96. The van der Waals surface area contributed by atoms with Gasteiger partial charge in [-0.05, 0) is 54.2 Å². The van der Waals surface area contributed by atoms with Crippen LogP contribution in [0.25, 0.3) is 0 Å². The molecular formula is C27H31F2N7. The molecule has 0 amide bonds. The maximum atomic E-state index is 13.6. The average molecular weight is 492 g/mol. The van der Waals surface area contributed by atoms with Crippen LogP contribution in [0.1, 0.15) is 30.0 Å². The Hall–Kier alpha value is -3.59. The molecule has 1 aromatic heterocycles. The van der Waals surface area contributed by atoms with E-state index < -0.39 is 0 Å². The molecule has 0 spiro atoms. The molecule has 2 fully saturated rings. The van der Waals surface area contributed by atoms with E-state index in [-0.39, 0.29) is 17.7 Å². The van der Waals surface area contributed by atoms with Gasteiger partial charge in [-0.3, -0.25) is 4.90 Å². The molecule has 0 atom stereocenters. The number of aromatic nitrogens is 3. The topological polar surface area (TPSA) is 69.2 Å². The lowest BCUT2D eigenvalue weighted by atomic mass is 9.96. The van der Waals surface area contributed by atoms with E-state index in [9.17, 15) is 8.78 Å². The van der Waals surface area contributed by atoms with Crippen LogP contribution >= 0.6 is 0 Å². The van der Waals surface area contributed by atoms with Crippen molar-refractivity contribution in [3.63, 3.8) is 0 Å². The third-order valence-corrected chi connectivity index (χ3v) is 6.61. The lowest BCUT2D eigenvalue weighted by Gasteiger charge is -2.39. The van der Waals surface area contributed by atoms with Crippen molar-refractivity contribution in [2.45, 2.75) is 18.9 Å². The molecule has 2 N–H and O–H groups in total. The van der Waals surface area contributed by atoms with Crippen molar-refractivity contribution < 1.29 is 8.78 Å². The highest BCUT2D eigenvalue weighted by Crippen LogP contribution is 2.31. The highest BCUT2D eigenvalue weighted by molar-refractivity contribution is 5.45. The second-order valence-corrected chi connectivity index (χ2v) is 9.31. The van der Waals surface area contributed by atoms with Gasteiger partial charge in [0.2, 0.25) is 17.8 Å². The highest BCUT2D eigenvalue weighted by Gasteiger charge is 2.28. The summed E-state index contributed by atoms with van der Waals surface area (Å²) in [6.45, 7) is 8.10. The molecular weight excluding hydrogens is 460 g/mol. The number of benzene rings is 2. The zero-order valence-corrected chi connectivity index (χ0v) is 20.2. The fourth-order valence-corrected chi connectivity index (χ4v) is 4.47. The zero-order chi connectivity index (χ0) is 24.9. The highest BCUT2D eigenvalue weighted by atomic mass is 19.1. The smallest absolute Gasteiger partial charge is 0.232 e. The summed E-state index contributed by atoms with van der Waals surface area (Å²) in [5, 5.41) is 6.53. The molecule has 2 aliphatic rings. The maximum Gasteiger partial charge on any atom is 0.232 e. The zero-order valence-electron chi connectivity index (χ0n) is 20.2. The van der Waals surface area contributed by atoms with Crippen LogP contribution in [-0.4, -0.2) is 59.1 Å². The molecule has 2 heterocycles. The monoisotopic (exact) mass is 491 g/mol. The first-order valence-electron chi connectivity index (χ1n) is 12.4. The molecule has 0 bridgehead atoms. The minimum Gasteiger partial charge on any atom is -0.354 e. The van der Waals surface area contributed by atoms with Crippen molar-refractivity contribution in [1.82, 2.24) is 19.9 Å². The van der Waals surface area contributed by atoms with E-state index in [2.05, 4.69) is 37.0 Å². The minimum absolute atomic E-state index is 0.104. The molecule has 9 heteroatoms. The Bertz CT molecular complexity index is 1110. The van der Waals surface area contributed by atoms with E-state index in [1.54, 1.807) is 30.3 Å². The molecule has 0 unspecified atom stereocenters. The van der Waals surface area contributed by atoms with Crippen molar-refractivity contribution >= 4 is 17.8 Å². The summed E-state index contributed by atoms with van der Waals surface area (Å²) in [5.74, 6) is 1.89. The van der Waals surface area contributed by atoms with E-state index in [1.165, 1.54) is 37.1 Å². The fraction of sp³-hybridized carbons (Fsp3) is 0.370. The van der Waals surface area contributed by atoms with Crippen molar-refractivity contribution in [2.24, 2.45) is 5.92 Å². The summed E-state index contributed by atoms with van der Waals surface area (Å²) >= 11 is 0. The van der Waals surface area contributed by atoms with Gasteiger partial charge >= 0.3 is 0 Å². The molecule has 0 radical (unpaired) electrons. The Morgan fingerprint density at radius 3 is 1.92 bits per heavy atom. The van der Waals surface area contributed by atoms with Gasteiger partial charge in [0.15, 0.2) is 0 Å². The van der Waals surface area contributed by atoms with Crippen molar-refractivity contribution in [3.8, 4) is 0 Å². The lowest BCUT2D eigenvalue weighted by molar-refractivity contribution is 0.211. The van der Waals surface area contributed by atoms with Gasteiger partial charge in [0.05, 0.1) is 6.04 Å². The van der Waals surface area contributed by atoms with E-state index in [0.717, 1.165) is 30.8 Å². The number of nitrogens with one attached hydrogen (secondary N) is 2. The first-order valence-corrected chi connectivity index (χ1v) is 12.4. The molecule has 1 saturated heterocycles. The van der Waals surface area contributed by atoms with E-state index in [0.29, 0.717) is 43.4 Å². The normalized spacial score (nSPS) is 16.2. The molecule has 3 aromatic rings. The maximum absolute atomic E-state index is 13.6. The Balaban J connectivity index is 1.33. The molecule has 2 aromatic carbocycles.